The molecule has 2 fully saturated rings. The molecule has 2 aromatic rings. The number of anilines is 1. The molecule has 4 rings (SSSR count). The third kappa shape index (κ3) is 5.96. The van der Waals surface area contributed by atoms with E-state index >= 15 is 0 Å². The van der Waals surface area contributed by atoms with Crippen molar-refractivity contribution in [2.75, 3.05) is 58.0 Å². The van der Waals surface area contributed by atoms with Crippen LogP contribution in [0.4, 0.5) is 5.69 Å². The molecule has 2 aliphatic heterocycles. The molecule has 10 nitrogen and oxygen atoms in total. The number of imide groups is 1. The van der Waals surface area contributed by atoms with Crippen LogP contribution in [-0.2, 0) is 19.1 Å². The summed E-state index contributed by atoms with van der Waals surface area (Å²) in [5, 5.41) is 3.18. The largest absolute Gasteiger partial charge is 0.496 e. The van der Waals surface area contributed by atoms with Gasteiger partial charge in [0.25, 0.3) is 5.91 Å². The third-order valence-electron chi connectivity index (χ3n) is 6.17. The van der Waals surface area contributed by atoms with E-state index in [4.69, 9.17) is 14.2 Å². The SMILES string of the molecule is COc1ccccc1C(=O)COC(=O)c1ccc(N2C(=O)CC(NCCN3CCOCC3)C2=O)cc1. The van der Waals surface area contributed by atoms with Gasteiger partial charge in [0.05, 0.1) is 49.6 Å². The molecule has 2 aliphatic rings. The summed E-state index contributed by atoms with van der Waals surface area (Å²) in [6.45, 7) is 4.05. The second kappa shape index (κ2) is 11.9. The molecule has 1 unspecified atom stereocenters. The van der Waals surface area contributed by atoms with Gasteiger partial charge < -0.3 is 19.5 Å². The molecule has 2 aromatic carbocycles. The topological polar surface area (TPSA) is 114 Å². The van der Waals surface area contributed by atoms with E-state index in [1.54, 1.807) is 24.3 Å². The molecule has 0 aliphatic carbocycles. The highest BCUT2D eigenvalue weighted by atomic mass is 16.5. The number of esters is 1. The van der Waals surface area contributed by atoms with E-state index < -0.39 is 24.4 Å². The molecule has 10 heteroatoms. The van der Waals surface area contributed by atoms with Crippen LogP contribution < -0.4 is 15.0 Å². The van der Waals surface area contributed by atoms with E-state index in [9.17, 15) is 19.2 Å². The molecule has 0 radical (unpaired) electrons. The summed E-state index contributed by atoms with van der Waals surface area (Å²) >= 11 is 0. The van der Waals surface area contributed by atoms with Gasteiger partial charge in [-0.1, -0.05) is 12.1 Å². The number of benzene rings is 2. The van der Waals surface area contributed by atoms with Gasteiger partial charge in [0, 0.05) is 26.2 Å². The molecule has 2 amide bonds. The Kier molecular flexibility index (Phi) is 8.42. The summed E-state index contributed by atoms with van der Waals surface area (Å²) in [6.07, 6.45) is 0.0802. The van der Waals surface area contributed by atoms with Crippen LogP contribution in [0.5, 0.6) is 5.75 Å². The number of hydrogen-bond donors (Lipinski definition) is 1. The van der Waals surface area contributed by atoms with Gasteiger partial charge in [-0.25, -0.2) is 9.69 Å². The molecule has 190 valence electrons. The normalized spacial score (nSPS) is 18.4. The predicted molar refractivity (Wildman–Crippen MR) is 130 cm³/mol. The lowest BCUT2D eigenvalue weighted by Crippen LogP contribution is -2.44. The Morgan fingerprint density at radius 3 is 2.50 bits per heavy atom. The number of rotatable bonds is 10. The molecule has 1 N–H and O–H groups in total. The Hall–Kier alpha value is -3.60. The maximum absolute atomic E-state index is 12.9. The van der Waals surface area contributed by atoms with E-state index in [1.165, 1.54) is 31.4 Å². The molecule has 2 saturated heterocycles. The molecule has 0 spiro atoms. The molecule has 0 saturated carbocycles. The average Bonchev–Trinajstić information content (AvgIpc) is 3.20. The summed E-state index contributed by atoms with van der Waals surface area (Å²) in [5.74, 6) is -1.30. The number of ether oxygens (including phenoxy) is 3. The molecule has 1 atom stereocenters. The first kappa shape index (κ1) is 25.5. The Morgan fingerprint density at radius 2 is 1.78 bits per heavy atom. The lowest BCUT2D eigenvalue weighted by atomic mass is 10.1. The van der Waals surface area contributed by atoms with Gasteiger partial charge in [0.2, 0.25) is 11.7 Å². The Labute approximate surface area is 209 Å². The number of morpholine rings is 1. The van der Waals surface area contributed by atoms with Crippen LogP contribution in [0.2, 0.25) is 0 Å². The summed E-state index contributed by atoms with van der Waals surface area (Å²) in [7, 11) is 1.46. The lowest BCUT2D eigenvalue weighted by Gasteiger charge is -2.27. The van der Waals surface area contributed by atoms with E-state index in [1.807, 2.05) is 0 Å². The fraction of sp³-hybridized carbons (Fsp3) is 0.385. The number of para-hydroxylation sites is 1. The minimum absolute atomic E-state index is 0.0802. The zero-order valence-electron chi connectivity index (χ0n) is 20.1. The molecule has 0 aromatic heterocycles. The van der Waals surface area contributed by atoms with Gasteiger partial charge in [-0.2, -0.15) is 0 Å². The third-order valence-corrected chi connectivity index (χ3v) is 6.17. The fourth-order valence-electron chi connectivity index (χ4n) is 4.20. The zero-order chi connectivity index (χ0) is 25.5. The van der Waals surface area contributed by atoms with Gasteiger partial charge in [-0.15, -0.1) is 0 Å². The number of methoxy groups -OCH3 is 1. The highest BCUT2D eigenvalue weighted by molar-refractivity contribution is 6.22. The number of carbonyl (C=O) groups excluding carboxylic acids is 4. The molecular formula is C26H29N3O7. The Morgan fingerprint density at radius 1 is 1.06 bits per heavy atom. The van der Waals surface area contributed by atoms with E-state index in [0.29, 0.717) is 36.8 Å². The van der Waals surface area contributed by atoms with Crippen LogP contribution in [0.3, 0.4) is 0 Å². The number of carbonyl (C=O) groups is 4. The second-order valence-corrected chi connectivity index (χ2v) is 8.48. The Balaban J connectivity index is 1.30. The summed E-state index contributed by atoms with van der Waals surface area (Å²) in [4.78, 5) is 53.6. The molecule has 36 heavy (non-hydrogen) atoms. The van der Waals surface area contributed by atoms with E-state index in [0.717, 1.165) is 24.5 Å². The first-order valence-corrected chi connectivity index (χ1v) is 11.8. The van der Waals surface area contributed by atoms with E-state index in [2.05, 4.69) is 10.2 Å². The van der Waals surface area contributed by atoms with Crippen molar-refractivity contribution in [2.45, 2.75) is 12.5 Å². The zero-order valence-corrected chi connectivity index (χ0v) is 20.1. The van der Waals surface area contributed by atoms with Gasteiger partial charge >= 0.3 is 5.97 Å². The van der Waals surface area contributed by atoms with Crippen molar-refractivity contribution in [3.8, 4) is 5.75 Å². The van der Waals surface area contributed by atoms with Crippen molar-refractivity contribution < 1.29 is 33.4 Å². The number of ketones is 1. The van der Waals surface area contributed by atoms with Crippen LogP contribution >= 0.6 is 0 Å². The maximum atomic E-state index is 12.9. The van der Waals surface area contributed by atoms with Gasteiger partial charge in [0.1, 0.15) is 5.75 Å². The van der Waals surface area contributed by atoms with Gasteiger partial charge in [-0.05, 0) is 36.4 Å². The van der Waals surface area contributed by atoms with Crippen molar-refractivity contribution in [1.29, 1.82) is 0 Å². The maximum Gasteiger partial charge on any atom is 0.338 e. The smallest absolute Gasteiger partial charge is 0.338 e. The van der Waals surface area contributed by atoms with Crippen molar-refractivity contribution in [1.82, 2.24) is 10.2 Å². The standard InChI is InChI=1S/C26H29N3O7/c1-34-23-5-3-2-4-20(23)22(30)17-36-26(33)18-6-8-19(9-7-18)29-24(31)16-21(25(29)32)27-10-11-28-12-14-35-15-13-28/h2-9,21,27H,10-17H2,1H3. The van der Waals surface area contributed by atoms with Gasteiger partial charge in [0.15, 0.2) is 6.61 Å². The minimum atomic E-state index is -0.688. The molecule has 0 bridgehead atoms. The summed E-state index contributed by atoms with van der Waals surface area (Å²) < 4.78 is 15.6. The highest BCUT2D eigenvalue weighted by Gasteiger charge is 2.39. The summed E-state index contributed by atoms with van der Waals surface area (Å²) in [5.41, 5.74) is 0.900. The van der Waals surface area contributed by atoms with E-state index in [-0.39, 0.29) is 23.8 Å². The predicted octanol–water partition coefficient (Wildman–Crippen LogP) is 1.29. The van der Waals surface area contributed by atoms with Crippen molar-refractivity contribution >= 4 is 29.3 Å². The van der Waals surface area contributed by atoms with Crippen LogP contribution in [0.25, 0.3) is 0 Å². The van der Waals surface area contributed by atoms with Crippen LogP contribution in [0.15, 0.2) is 48.5 Å². The number of nitrogens with one attached hydrogen (secondary N) is 1. The highest BCUT2D eigenvalue weighted by Crippen LogP contribution is 2.24. The minimum Gasteiger partial charge on any atom is -0.496 e. The van der Waals surface area contributed by atoms with Crippen molar-refractivity contribution in [3.05, 3.63) is 59.7 Å². The quantitative estimate of drug-likeness (QED) is 0.296. The number of Topliss-reactive ketones (excluding diaryl/α,β-unsaturated/α-hetero) is 1. The summed E-state index contributed by atoms with van der Waals surface area (Å²) in [6, 6.07) is 12.1. The molecule has 2 heterocycles. The van der Waals surface area contributed by atoms with Crippen molar-refractivity contribution in [2.24, 2.45) is 0 Å². The Bertz CT molecular complexity index is 1110. The first-order valence-electron chi connectivity index (χ1n) is 11.8. The average molecular weight is 496 g/mol. The number of amides is 2. The van der Waals surface area contributed by atoms with Crippen LogP contribution in [0, 0.1) is 0 Å². The number of nitrogens with zero attached hydrogens (tertiary/aromatic N) is 2. The van der Waals surface area contributed by atoms with Crippen molar-refractivity contribution in [3.63, 3.8) is 0 Å². The van der Waals surface area contributed by atoms with Crippen LogP contribution in [0.1, 0.15) is 27.1 Å². The first-order chi connectivity index (χ1) is 17.5. The molecular weight excluding hydrogens is 466 g/mol. The second-order valence-electron chi connectivity index (χ2n) is 8.48. The fourth-order valence-corrected chi connectivity index (χ4v) is 4.20. The van der Waals surface area contributed by atoms with Gasteiger partial charge in [-0.3, -0.25) is 19.3 Å². The monoisotopic (exact) mass is 495 g/mol. The lowest BCUT2D eigenvalue weighted by molar-refractivity contribution is -0.121. The number of hydrogen-bond acceptors (Lipinski definition) is 9. The van der Waals surface area contributed by atoms with Crippen LogP contribution in [-0.4, -0.2) is 87.6 Å².